The van der Waals surface area contributed by atoms with E-state index >= 15 is 0 Å². The van der Waals surface area contributed by atoms with Crippen LogP contribution in [0, 0.1) is 12.8 Å². The molecule has 0 saturated carbocycles. The molecule has 0 radical (unpaired) electrons. The molecule has 1 aliphatic rings. The summed E-state index contributed by atoms with van der Waals surface area (Å²) in [6.45, 7) is 6.13. The highest BCUT2D eigenvalue weighted by atomic mass is 32.2. The fourth-order valence-corrected chi connectivity index (χ4v) is 4.99. The van der Waals surface area contributed by atoms with Gasteiger partial charge in [0, 0.05) is 12.5 Å². The average molecular weight is 295 g/mol. The summed E-state index contributed by atoms with van der Waals surface area (Å²) in [5.74, 6) is 1.26. The first-order valence-electron chi connectivity index (χ1n) is 7.50. The first kappa shape index (κ1) is 15.5. The van der Waals surface area contributed by atoms with Crippen molar-refractivity contribution in [3.8, 4) is 0 Å². The molecule has 20 heavy (non-hydrogen) atoms. The van der Waals surface area contributed by atoms with E-state index in [1.807, 2.05) is 6.07 Å². The molecule has 1 aromatic carbocycles. The normalized spacial score (nSPS) is 22.8. The van der Waals surface area contributed by atoms with Gasteiger partial charge < -0.3 is 5.32 Å². The van der Waals surface area contributed by atoms with Gasteiger partial charge in [-0.3, -0.25) is 0 Å². The Morgan fingerprint density at radius 1 is 1.35 bits per heavy atom. The van der Waals surface area contributed by atoms with Gasteiger partial charge in [0.15, 0.2) is 9.84 Å². The van der Waals surface area contributed by atoms with E-state index in [1.54, 1.807) is 0 Å². The molecule has 2 atom stereocenters. The SMILES string of the molecule is CCCNCC(c1ccccc1C)C1CCS(=O)(=O)C1. The molecule has 3 nitrogen and oxygen atoms in total. The standard InChI is InChI=1S/C16H25NO2S/c1-3-9-17-11-16(14-8-10-20(18,19)12-14)15-7-5-4-6-13(15)2/h4-7,14,16-17H,3,8-12H2,1-2H3. The minimum absolute atomic E-state index is 0.255. The molecule has 1 aromatic rings. The number of sulfone groups is 1. The highest BCUT2D eigenvalue weighted by Crippen LogP contribution is 2.34. The molecule has 1 fully saturated rings. The van der Waals surface area contributed by atoms with Gasteiger partial charge in [-0.1, -0.05) is 31.2 Å². The zero-order chi connectivity index (χ0) is 14.6. The molecular weight excluding hydrogens is 270 g/mol. The molecule has 0 aromatic heterocycles. The van der Waals surface area contributed by atoms with Crippen molar-refractivity contribution in [2.45, 2.75) is 32.6 Å². The van der Waals surface area contributed by atoms with E-state index in [-0.39, 0.29) is 5.92 Å². The summed E-state index contributed by atoms with van der Waals surface area (Å²) in [6, 6.07) is 8.36. The number of rotatable bonds is 6. The molecule has 1 heterocycles. The van der Waals surface area contributed by atoms with Crippen LogP contribution in [0.3, 0.4) is 0 Å². The number of nitrogens with one attached hydrogen (secondary N) is 1. The predicted molar refractivity (Wildman–Crippen MR) is 83.8 cm³/mol. The molecule has 2 unspecified atom stereocenters. The Labute approximate surface area is 122 Å². The maximum absolute atomic E-state index is 11.8. The van der Waals surface area contributed by atoms with Crippen LogP contribution in [0.4, 0.5) is 0 Å². The van der Waals surface area contributed by atoms with Gasteiger partial charge in [-0.05, 0) is 43.4 Å². The van der Waals surface area contributed by atoms with E-state index in [0.29, 0.717) is 17.4 Å². The van der Waals surface area contributed by atoms with E-state index in [2.05, 4.69) is 37.4 Å². The predicted octanol–water partition coefficient (Wildman–Crippen LogP) is 2.51. The Morgan fingerprint density at radius 2 is 2.10 bits per heavy atom. The van der Waals surface area contributed by atoms with Crippen molar-refractivity contribution in [3.05, 3.63) is 35.4 Å². The van der Waals surface area contributed by atoms with Crippen LogP contribution in [0.15, 0.2) is 24.3 Å². The minimum atomic E-state index is -2.82. The van der Waals surface area contributed by atoms with Gasteiger partial charge in [0.2, 0.25) is 0 Å². The van der Waals surface area contributed by atoms with E-state index in [4.69, 9.17) is 0 Å². The lowest BCUT2D eigenvalue weighted by atomic mass is 9.83. The maximum Gasteiger partial charge on any atom is 0.150 e. The quantitative estimate of drug-likeness (QED) is 0.820. The van der Waals surface area contributed by atoms with Gasteiger partial charge in [-0.15, -0.1) is 0 Å². The van der Waals surface area contributed by atoms with Crippen LogP contribution in [0.2, 0.25) is 0 Å². The van der Waals surface area contributed by atoms with Gasteiger partial charge in [0.25, 0.3) is 0 Å². The monoisotopic (exact) mass is 295 g/mol. The number of hydrogen-bond acceptors (Lipinski definition) is 3. The molecule has 0 amide bonds. The average Bonchev–Trinajstić information content (AvgIpc) is 2.76. The Morgan fingerprint density at radius 3 is 2.70 bits per heavy atom. The van der Waals surface area contributed by atoms with Crippen molar-refractivity contribution in [1.82, 2.24) is 5.32 Å². The zero-order valence-corrected chi connectivity index (χ0v) is 13.2. The van der Waals surface area contributed by atoms with E-state index < -0.39 is 9.84 Å². The molecule has 4 heteroatoms. The van der Waals surface area contributed by atoms with Crippen molar-refractivity contribution in [1.29, 1.82) is 0 Å². The molecule has 112 valence electrons. The number of aryl methyl sites for hydroxylation is 1. The van der Waals surface area contributed by atoms with Gasteiger partial charge >= 0.3 is 0 Å². The third kappa shape index (κ3) is 3.83. The van der Waals surface area contributed by atoms with Crippen molar-refractivity contribution in [2.75, 3.05) is 24.6 Å². The first-order chi connectivity index (χ1) is 9.53. The van der Waals surface area contributed by atoms with Crippen LogP contribution in [0.5, 0.6) is 0 Å². The van der Waals surface area contributed by atoms with Crippen LogP contribution in [-0.4, -0.2) is 33.0 Å². The Bertz CT molecular complexity index is 539. The van der Waals surface area contributed by atoms with E-state index in [0.717, 1.165) is 25.9 Å². The van der Waals surface area contributed by atoms with Crippen molar-refractivity contribution in [2.24, 2.45) is 5.92 Å². The summed E-state index contributed by atoms with van der Waals surface area (Å²) in [5, 5.41) is 3.47. The molecule has 0 bridgehead atoms. The zero-order valence-electron chi connectivity index (χ0n) is 12.4. The van der Waals surface area contributed by atoms with Gasteiger partial charge in [0.1, 0.15) is 0 Å². The van der Waals surface area contributed by atoms with Crippen LogP contribution < -0.4 is 5.32 Å². The summed E-state index contributed by atoms with van der Waals surface area (Å²) in [5.41, 5.74) is 2.57. The minimum Gasteiger partial charge on any atom is -0.316 e. The Balaban J connectivity index is 2.19. The fraction of sp³-hybridized carbons (Fsp3) is 0.625. The second-order valence-electron chi connectivity index (χ2n) is 5.83. The third-order valence-electron chi connectivity index (χ3n) is 4.22. The molecule has 2 rings (SSSR count). The molecule has 1 N–H and O–H groups in total. The molecule has 1 aliphatic heterocycles. The van der Waals surface area contributed by atoms with Gasteiger partial charge in [0.05, 0.1) is 11.5 Å². The lowest BCUT2D eigenvalue weighted by molar-refractivity contribution is 0.437. The Kier molecular flexibility index (Phi) is 5.22. The summed E-state index contributed by atoms with van der Waals surface area (Å²) in [7, 11) is -2.82. The molecule has 0 aliphatic carbocycles. The third-order valence-corrected chi connectivity index (χ3v) is 6.01. The summed E-state index contributed by atoms with van der Waals surface area (Å²) in [4.78, 5) is 0. The molecule has 1 saturated heterocycles. The number of hydrogen-bond donors (Lipinski definition) is 1. The highest BCUT2D eigenvalue weighted by molar-refractivity contribution is 7.91. The summed E-state index contributed by atoms with van der Waals surface area (Å²) < 4.78 is 23.5. The summed E-state index contributed by atoms with van der Waals surface area (Å²) >= 11 is 0. The van der Waals surface area contributed by atoms with Gasteiger partial charge in [-0.25, -0.2) is 8.42 Å². The second kappa shape index (κ2) is 6.72. The van der Waals surface area contributed by atoms with Crippen LogP contribution in [0.1, 0.15) is 36.8 Å². The second-order valence-corrected chi connectivity index (χ2v) is 8.06. The highest BCUT2D eigenvalue weighted by Gasteiger charge is 2.34. The van der Waals surface area contributed by atoms with Crippen molar-refractivity contribution in [3.63, 3.8) is 0 Å². The fourth-order valence-electron chi connectivity index (χ4n) is 3.11. The molecule has 0 spiro atoms. The first-order valence-corrected chi connectivity index (χ1v) is 9.32. The lowest BCUT2D eigenvalue weighted by Gasteiger charge is -2.25. The topological polar surface area (TPSA) is 46.2 Å². The summed E-state index contributed by atoms with van der Waals surface area (Å²) in [6.07, 6.45) is 1.90. The van der Waals surface area contributed by atoms with Crippen LogP contribution in [0.25, 0.3) is 0 Å². The smallest absolute Gasteiger partial charge is 0.150 e. The van der Waals surface area contributed by atoms with Crippen LogP contribution >= 0.6 is 0 Å². The van der Waals surface area contributed by atoms with E-state index in [1.165, 1.54) is 11.1 Å². The number of benzene rings is 1. The lowest BCUT2D eigenvalue weighted by Crippen LogP contribution is -2.28. The van der Waals surface area contributed by atoms with Gasteiger partial charge in [-0.2, -0.15) is 0 Å². The Hall–Kier alpha value is -0.870. The molecular formula is C16H25NO2S. The maximum atomic E-state index is 11.8. The van der Waals surface area contributed by atoms with Crippen molar-refractivity contribution < 1.29 is 8.42 Å². The van der Waals surface area contributed by atoms with Crippen molar-refractivity contribution >= 4 is 9.84 Å². The van der Waals surface area contributed by atoms with E-state index in [9.17, 15) is 8.42 Å². The largest absolute Gasteiger partial charge is 0.316 e. The van der Waals surface area contributed by atoms with Crippen LogP contribution in [-0.2, 0) is 9.84 Å².